The summed E-state index contributed by atoms with van der Waals surface area (Å²) in [5, 5.41) is 18.2. The highest BCUT2D eigenvalue weighted by Crippen LogP contribution is 2.41. The molecule has 0 aromatic heterocycles. The molecule has 0 radical (unpaired) electrons. The monoisotopic (exact) mass is 828 g/mol. The second-order valence-electron chi connectivity index (χ2n) is 15.4. The Hall–Kier alpha value is -7.06. The summed E-state index contributed by atoms with van der Waals surface area (Å²) < 4.78 is 22.2. The SMILES string of the molecule is COc1cccc(C=C2CCc3cccc(CCc4ccc(C(=O)O)cc4)c32)c1OC.COc1cccc(CC2=CCc3cccc(CCc4ccc(C(=O)O)cc4)c32)c1OC. The molecule has 2 N–H and O–H groups in total. The number of fused-ring (bicyclic) bond motifs is 2. The number of allylic oxidation sites excluding steroid dienone is 3. The average molecular weight is 829 g/mol. The predicted octanol–water partition coefficient (Wildman–Crippen LogP) is 11.0. The number of methoxy groups -OCH3 is 4. The number of aryl methyl sites for hydroxylation is 5. The first kappa shape index (κ1) is 43.0. The molecule has 62 heavy (non-hydrogen) atoms. The molecule has 0 heterocycles. The number of hydrogen-bond donors (Lipinski definition) is 2. The van der Waals surface area contributed by atoms with Crippen molar-refractivity contribution >= 4 is 29.2 Å². The maximum absolute atomic E-state index is 11.1. The molecule has 0 fully saturated rings. The van der Waals surface area contributed by atoms with Crippen molar-refractivity contribution in [3.63, 3.8) is 0 Å². The number of carboxylic acid groups (broad SMARTS) is 2. The average Bonchev–Trinajstić information content (AvgIpc) is 3.92. The lowest BCUT2D eigenvalue weighted by Gasteiger charge is -2.16. The van der Waals surface area contributed by atoms with E-state index >= 15 is 0 Å². The van der Waals surface area contributed by atoms with Crippen LogP contribution in [-0.4, -0.2) is 50.6 Å². The van der Waals surface area contributed by atoms with Crippen molar-refractivity contribution in [3.8, 4) is 23.0 Å². The van der Waals surface area contributed by atoms with E-state index in [0.717, 1.165) is 96.6 Å². The quantitative estimate of drug-likeness (QED) is 0.105. The fourth-order valence-electron chi connectivity index (χ4n) is 8.66. The third-order valence-electron chi connectivity index (χ3n) is 11.7. The summed E-state index contributed by atoms with van der Waals surface area (Å²) in [6.07, 6.45) is 11.8. The number of carboxylic acids is 2. The molecule has 6 aromatic rings. The number of ether oxygens (including phenoxy) is 4. The van der Waals surface area contributed by atoms with Crippen LogP contribution in [0.25, 0.3) is 17.2 Å². The number of para-hydroxylation sites is 2. The summed E-state index contributed by atoms with van der Waals surface area (Å²) in [5.41, 5.74) is 15.8. The van der Waals surface area contributed by atoms with Gasteiger partial charge in [0, 0.05) is 17.5 Å². The highest BCUT2D eigenvalue weighted by atomic mass is 16.5. The molecule has 0 spiro atoms. The molecule has 0 aliphatic heterocycles. The maximum Gasteiger partial charge on any atom is 0.335 e. The first-order chi connectivity index (χ1) is 30.2. The maximum atomic E-state index is 11.1. The fourth-order valence-corrected chi connectivity index (χ4v) is 8.66. The van der Waals surface area contributed by atoms with Crippen molar-refractivity contribution in [1.29, 1.82) is 0 Å². The minimum Gasteiger partial charge on any atom is -0.493 e. The van der Waals surface area contributed by atoms with E-state index in [9.17, 15) is 9.59 Å². The van der Waals surface area contributed by atoms with Gasteiger partial charge in [-0.1, -0.05) is 91.0 Å². The van der Waals surface area contributed by atoms with Crippen LogP contribution in [0.4, 0.5) is 0 Å². The summed E-state index contributed by atoms with van der Waals surface area (Å²) in [6, 6.07) is 39.4. The van der Waals surface area contributed by atoms with Crippen LogP contribution in [0.2, 0.25) is 0 Å². The van der Waals surface area contributed by atoms with Gasteiger partial charge in [-0.25, -0.2) is 9.59 Å². The molecule has 8 nitrogen and oxygen atoms in total. The van der Waals surface area contributed by atoms with Crippen molar-refractivity contribution in [2.75, 3.05) is 28.4 Å². The Morgan fingerprint density at radius 3 is 1.61 bits per heavy atom. The molecule has 6 aromatic carbocycles. The van der Waals surface area contributed by atoms with E-state index in [2.05, 4.69) is 60.7 Å². The number of carbonyl (C=O) groups is 2. The Morgan fingerprint density at radius 2 is 1.05 bits per heavy atom. The molecule has 0 saturated carbocycles. The summed E-state index contributed by atoms with van der Waals surface area (Å²) in [5.74, 6) is 1.23. The summed E-state index contributed by atoms with van der Waals surface area (Å²) in [6.45, 7) is 0. The van der Waals surface area contributed by atoms with E-state index in [1.54, 1.807) is 52.7 Å². The first-order valence-electron chi connectivity index (χ1n) is 20.9. The van der Waals surface area contributed by atoms with Crippen LogP contribution in [0.1, 0.15) is 82.8 Å². The Balaban J connectivity index is 0.000000186. The van der Waals surface area contributed by atoms with Gasteiger partial charge in [0.25, 0.3) is 0 Å². The Bertz CT molecular complexity index is 2620. The van der Waals surface area contributed by atoms with Crippen LogP contribution in [-0.2, 0) is 44.9 Å². The van der Waals surface area contributed by atoms with E-state index < -0.39 is 11.9 Å². The molecule has 8 rings (SSSR count). The van der Waals surface area contributed by atoms with Gasteiger partial charge in [-0.15, -0.1) is 0 Å². The molecule has 2 aliphatic rings. The summed E-state index contributed by atoms with van der Waals surface area (Å²) >= 11 is 0. The zero-order chi connectivity index (χ0) is 43.6. The lowest BCUT2D eigenvalue weighted by atomic mass is 9.91. The minimum absolute atomic E-state index is 0.321. The molecule has 0 atom stereocenters. The molecular weight excluding hydrogens is 777 g/mol. The first-order valence-corrected chi connectivity index (χ1v) is 20.9. The van der Waals surface area contributed by atoms with Crippen molar-refractivity contribution < 1.29 is 38.7 Å². The van der Waals surface area contributed by atoms with Crippen molar-refractivity contribution in [2.24, 2.45) is 0 Å². The van der Waals surface area contributed by atoms with Crippen molar-refractivity contribution in [3.05, 3.63) is 194 Å². The van der Waals surface area contributed by atoms with Crippen molar-refractivity contribution in [2.45, 2.75) is 51.4 Å². The third kappa shape index (κ3) is 9.76. The van der Waals surface area contributed by atoms with Crippen LogP contribution in [0, 0.1) is 0 Å². The zero-order valence-electron chi connectivity index (χ0n) is 35.7. The Kier molecular flexibility index (Phi) is 13.9. The van der Waals surface area contributed by atoms with E-state index in [1.165, 1.54) is 44.5 Å². The lowest BCUT2D eigenvalue weighted by molar-refractivity contribution is 0.0686. The number of benzene rings is 6. The van der Waals surface area contributed by atoms with Gasteiger partial charge in [-0.05, 0) is 143 Å². The molecule has 8 heteroatoms. The topological polar surface area (TPSA) is 112 Å². The Labute approximate surface area is 363 Å². The van der Waals surface area contributed by atoms with Crippen LogP contribution in [0.3, 0.4) is 0 Å². The highest BCUT2D eigenvalue weighted by molar-refractivity contribution is 5.89. The molecular formula is C54H52O8. The number of rotatable bonds is 15. The largest absolute Gasteiger partial charge is 0.493 e. The molecule has 0 unspecified atom stereocenters. The van der Waals surface area contributed by atoms with Gasteiger partial charge in [0.15, 0.2) is 23.0 Å². The van der Waals surface area contributed by atoms with Crippen LogP contribution < -0.4 is 18.9 Å². The summed E-state index contributed by atoms with van der Waals surface area (Å²) in [7, 11) is 6.66. The lowest BCUT2D eigenvalue weighted by Crippen LogP contribution is -2.01. The van der Waals surface area contributed by atoms with E-state index in [0.29, 0.717) is 11.1 Å². The van der Waals surface area contributed by atoms with Crippen LogP contribution >= 0.6 is 0 Å². The van der Waals surface area contributed by atoms with Crippen molar-refractivity contribution in [1.82, 2.24) is 0 Å². The van der Waals surface area contributed by atoms with Gasteiger partial charge >= 0.3 is 11.9 Å². The van der Waals surface area contributed by atoms with Gasteiger partial charge in [-0.3, -0.25) is 0 Å². The molecule has 0 bridgehead atoms. The van der Waals surface area contributed by atoms with Crippen LogP contribution in [0.15, 0.2) is 127 Å². The second-order valence-corrected chi connectivity index (χ2v) is 15.4. The number of aromatic carboxylic acids is 2. The standard InChI is InChI=1S/2C27H26O4/c2*1-30-24-8-4-7-23(26(24)31-2)17-22-16-15-20-6-3-5-19(25(20)22)12-9-18-10-13-21(14-11-18)27(28)29/h3-8,10-11,13-14,17H,9,12,15-16H2,1-2H3,(H,28,29);3-8,10-11,13-14,16H,9,12,15,17H2,1-2H3,(H,28,29). The normalized spacial score (nSPS) is 13.0. The molecule has 0 amide bonds. The van der Waals surface area contributed by atoms with Crippen LogP contribution in [0.5, 0.6) is 23.0 Å². The van der Waals surface area contributed by atoms with Gasteiger partial charge in [-0.2, -0.15) is 0 Å². The van der Waals surface area contributed by atoms with E-state index in [1.807, 2.05) is 48.5 Å². The highest BCUT2D eigenvalue weighted by Gasteiger charge is 2.22. The van der Waals surface area contributed by atoms with E-state index in [-0.39, 0.29) is 0 Å². The van der Waals surface area contributed by atoms with Gasteiger partial charge in [0.2, 0.25) is 0 Å². The molecule has 2 aliphatic carbocycles. The number of hydrogen-bond acceptors (Lipinski definition) is 6. The Morgan fingerprint density at radius 1 is 0.532 bits per heavy atom. The zero-order valence-corrected chi connectivity index (χ0v) is 35.7. The molecule has 0 saturated heterocycles. The van der Waals surface area contributed by atoms with Gasteiger partial charge < -0.3 is 29.2 Å². The second kappa shape index (κ2) is 20.0. The summed E-state index contributed by atoms with van der Waals surface area (Å²) in [4.78, 5) is 22.1. The smallest absolute Gasteiger partial charge is 0.335 e. The fraction of sp³-hybridized carbons (Fsp3) is 0.222. The van der Waals surface area contributed by atoms with Gasteiger partial charge in [0.05, 0.1) is 39.6 Å². The minimum atomic E-state index is -0.893. The molecule has 316 valence electrons. The third-order valence-corrected chi connectivity index (χ3v) is 11.7. The predicted molar refractivity (Wildman–Crippen MR) is 245 cm³/mol. The van der Waals surface area contributed by atoms with Gasteiger partial charge in [0.1, 0.15) is 0 Å². The van der Waals surface area contributed by atoms with E-state index in [4.69, 9.17) is 29.2 Å².